The maximum absolute atomic E-state index is 12.2. The number of aromatic nitrogens is 2. The molecule has 1 atom stereocenters. The molecule has 0 bridgehead atoms. The summed E-state index contributed by atoms with van der Waals surface area (Å²) in [5, 5.41) is 0. The first kappa shape index (κ1) is 19.0. The summed E-state index contributed by atoms with van der Waals surface area (Å²) in [7, 11) is -2.38. The van der Waals surface area contributed by atoms with E-state index in [1.165, 1.54) is 7.11 Å². The number of hydrogen-bond acceptors (Lipinski definition) is 9. The molecule has 11 heteroatoms. The minimum absolute atomic E-state index is 0.0187. The molecule has 10 nitrogen and oxygen atoms in total. The van der Waals surface area contributed by atoms with Gasteiger partial charge in [-0.15, -0.1) is 0 Å². The Morgan fingerprint density at radius 2 is 2.00 bits per heavy atom. The second kappa shape index (κ2) is 7.22. The molecule has 2 aliphatic rings. The van der Waals surface area contributed by atoms with Crippen LogP contribution in [0.4, 0.5) is 0 Å². The molecule has 2 aromatic rings. The molecule has 0 amide bonds. The fourth-order valence-electron chi connectivity index (χ4n) is 3.22. The fourth-order valence-corrected chi connectivity index (χ4v) is 3.54. The third-order valence-electron chi connectivity index (χ3n) is 4.58. The van der Waals surface area contributed by atoms with E-state index >= 15 is 0 Å². The molecular weight excluding hydrogens is 392 g/mol. The number of ether oxygens (including phenoxy) is 4. The van der Waals surface area contributed by atoms with Gasteiger partial charge < -0.3 is 23.5 Å². The van der Waals surface area contributed by atoms with Gasteiger partial charge in [0, 0.05) is 6.61 Å². The second-order valence-corrected chi connectivity index (χ2v) is 8.17. The summed E-state index contributed by atoms with van der Waals surface area (Å²) in [6.45, 7) is 1.49. The molecule has 3 heterocycles. The van der Waals surface area contributed by atoms with Crippen molar-refractivity contribution >= 4 is 27.1 Å². The number of hydrogen-bond donors (Lipinski definition) is 0. The van der Waals surface area contributed by atoms with E-state index in [-0.39, 0.29) is 24.0 Å². The highest BCUT2D eigenvalue weighted by Crippen LogP contribution is 2.42. The molecule has 1 aromatic carbocycles. The summed E-state index contributed by atoms with van der Waals surface area (Å²) < 4.78 is 51.5. The normalized spacial score (nSPS) is 18.7. The van der Waals surface area contributed by atoms with Gasteiger partial charge in [-0.1, -0.05) is 0 Å². The molecular formula is C17H20N2O8S. The molecule has 0 N–H and O–H groups in total. The van der Waals surface area contributed by atoms with Gasteiger partial charge in [-0.05, 0) is 12.5 Å². The Bertz CT molecular complexity index is 1030. The van der Waals surface area contributed by atoms with Crippen LogP contribution in [0.5, 0.6) is 11.5 Å². The van der Waals surface area contributed by atoms with Gasteiger partial charge in [0.25, 0.3) is 10.1 Å². The van der Waals surface area contributed by atoms with E-state index < -0.39 is 16.1 Å². The van der Waals surface area contributed by atoms with E-state index in [1.807, 2.05) is 0 Å². The molecule has 0 saturated carbocycles. The van der Waals surface area contributed by atoms with Gasteiger partial charge in [-0.25, -0.2) is 9.78 Å². The largest absolute Gasteiger partial charge is 0.485 e. The van der Waals surface area contributed by atoms with Crippen molar-refractivity contribution in [3.05, 3.63) is 17.5 Å². The van der Waals surface area contributed by atoms with E-state index in [0.29, 0.717) is 49.0 Å². The van der Waals surface area contributed by atoms with Crippen LogP contribution in [0.3, 0.4) is 0 Å². The minimum atomic E-state index is -3.65. The summed E-state index contributed by atoms with van der Waals surface area (Å²) >= 11 is 0. The van der Waals surface area contributed by atoms with Crippen LogP contribution in [0.25, 0.3) is 11.0 Å². The van der Waals surface area contributed by atoms with Gasteiger partial charge in [0.2, 0.25) is 0 Å². The number of methoxy groups -OCH3 is 1. The quantitative estimate of drug-likeness (QED) is 0.503. The SMILES string of the molecule is COC(=O)c1cc2nc(COS(C)(=O)=O)n(C[C@@H]3CCO3)c2c2c1OCCO2. The third-order valence-corrected chi connectivity index (χ3v) is 5.13. The second-order valence-electron chi connectivity index (χ2n) is 6.53. The highest BCUT2D eigenvalue weighted by molar-refractivity contribution is 7.85. The summed E-state index contributed by atoms with van der Waals surface area (Å²) in [5.41, 5.74) is 1.26. The van der Waals surface area contributed by atoms with Crippen LogP contribution in [0.1, 0.15) is 22.6 Å². The van der Waals surface area contributed by atoms with E-state index in [0.717, 1.165) is 12.7 Å². The zero-order valence-electron chi connectivity index (χ0n) is 15.5. The molecule has 0 unspecified atom stereocenters. The highest BCUT2D eigenvalue weighted by Gasteiger charge is 2.30. The molecule has 0 aliphatic carbocycles. The Labute approximate surface area is 161 Å². The fraction of sp³-hybridized carbons (Fsp3) is 0.529. The predicted molar refractivity (Wildman–Crippen MR) is 96.1 cm³/mol. The Hall–Kier alpha value is -2.37. The Morgan fingerprint density at radius 3 is 2.61 bits per heavy atom. The molecule has 1 saturated heterocycles. The minimum Gasteiger partial charge on any atom is -0.485 e. The number of fused-ring (bicyclic) bond motifs is 3. The molecule has 152 valence electrons. The predicted octanol–water partition coefficient (Wildman–Crippen LogP) is 0.859. The molecule has 4 rings (SSSR count). The van der Waals surface area contributed by atoms with Crippen molar-refractivity contribution in [3.63, 3.8) is 0 Å². The van der Waals surface area contributed by atoms with E-state index in [9.17, 15) is 13.2 Å². The first-order valence-electron chi connectivity index (χ1n) is 8.73. The third kappa shape index (κ3) is 3.52. The van der Waals surface area contributed by atoms with Crippen molar-refractivity contribution in [3.8, 4) is 11.5 Å². The summed E-state index contributed by atoms with van der Waals surface area (Å²) in [6, 6.07) is 1.55. The summed E-state index contributed by atoms with van der Waals surface area (Å²) in [5.74, 6) is 0.474. The smallest absolute Gasteiger partial charge is 0.341 e. The number of rotatable bonds is 6. The lowest BCUT2D eigenvalue weighted by molar-refractivity contribution is -0.0592. The zero-order valence-corrected chi connectivity index (χ0v) is 16.3. The molecule has 0 spiro atoms. The topological polar surface area (TPSA) is 115 Å². The summed E-state index contributed by atoms with van der Waals surface area (Å²) in [6.07, 6.45) is 1.84. The monoisotopic (exact) mass is 412 g/mol. The lowest BCUT2D eigenvalue weighted by atomic mass is 10.1. The van der Waals surface area contributed by atoms with Crippen LogP contribution in [-0.2, 0) is 36.9 Å². The molecule has 2 aliphatic heterocycles. The Balaban J connectivity index is 1.88. The number of nitrogens with zero attached hydrogens (tertiary/aromatic N) is 2. The van der Waals surface area contributed by atoms with Crippen LogP contribution in [0.2, 0.25) is 0 Å². The van der Waals surface area contributed by atoms with Crippen LogP contribution in [-0.4, -0.2) is 63.2 Å². The van der Waals surface area contributed by atoms with E-state index in [4.69, 9.17) is 23.1 Å². The van der Waals surface area contributed by atoms with Crippen molar-refractivity contribution < 1.29 is 36.3 Å². The van der Waals surface area contributed by atoms with E-state index in [2.05, 4.69) is 4.98 Å². The first-order valence-corrected chi connectivity index (χ1v) is 10.5. The van der Waals surface area contributed by atoms with Gasteiger partial charge >= 0.3 is 5.97 Å². The number of carbonyl (C=O) groups is 1. The maximum atomic E-state index is 12.2. The zero-order chi connectivity index (χ0) is 19.9. The number of benzene rings is 1. The van der Waals surface area contributed by atoms with Crippen LogP contribution in [0.15, 0.2) is 6.07 Å². The Morgan fingerprint density at radius 1 is 1.29 bits per heavy atom. The number of imidazole rings is 1. The van der Waals surface area contributed by atoms with Crippen molar-refractivity contribution in [2.75, 3.05) is 33.2 Å². The lowest BCUT2D eigenvalue weighted by Gasteiger charge is -2.28. The van der Waals surface area contributed by atoms with E-state index in [1.54, 1.807) is 10.6 Å². The lowest BCUT2D eigenvalue weighted by Crippen LogP contribution is -2.32. The number of esters is 1. The summed E-state index contributed by atoms with van der Waals surface area (Å²) in [4.78, 5) is 16.7. The Kier molecular flexibility index (Phi) is 4.89. The van der Waals surface area contributed by atoms with Crippen LogP contribution in [0, 0.1) is 0 Å². The van der Waals surface area contributed by atoms with Gasteiger partial charge in [0.1, 0.15) is 36.7 Å². The van der Waals surface area contributed by atoms with Gasteiger partial charge in [0.15, 0.2) is 11.5 Å². The van der Waals surface area contributed by atoms with Crippen molar-refractivity contribution in [1.82, 2.24) is 9.55 Å². The van der Waals surface area contributed by atoms with Crippen LogP contribution < -0.4 is 9.47 Å². The molecule has 1 fully saturated rings. The van der Waals surface area contributed by atoms with Crippen molar-refractivity contribution in [1.29, 1.82) is 0 Å². The van der Waals surface area contributed by atoms with Gasteiger partial charge in [-0.3, -0.25) is 4.18 Å². The molecule has 28 heavy (non-hydrogen) atoms. The standard InChI is InChI=1S/C17H20N2O8S/c1-23-17(20)11-7-12-14(16-15(11)25-5-6-26-16)19(8-10-3-4-24-10)13(18-12)9-27-28(2,21)22/h7,10H,3-6,8-9H2,1-2H3/t10-/m0/s1. The van der Waals surface area contributed by atoms with Crippen molar-refractivity contribution in [2.24, 2.45) is 0 Å². The van der Waals surface area contributed by atoms with Crippen LogP contribution >= 0.6 is 0 Å². The first-order chi connectivity index (χ1) is 13.4. The average Bonchev–Trinajstić information content (AvgIpc) is 2.98. The van der Waals surface area contributed by atoms with Gasteiger partial charge in [0.05, 0.1) is 31.5 Å². The maximum Gasteiger partial charge on any atom is 0.341 e. The van der Waals surface area contributed by atoms with Gasteiger partial charge in [-0.2, -0.15) is 8.42 Å². The molecule has 0 radical (unpaired) electrons. The average molecular weight is 412 g/mol. The molecule has 1 aromatic heterocycles. The van der Waals surface area contributed by atoms with Crippen molar-refractivity contribution in [2.45, 2.75) is 25.7 Å². The number of carbonyl (C=O) groups excluding carboxylic acids is 1. The highest BCUT2D eigenvalue weighted by atomic mass is 32.2.